The van der Waals surface area contributed by atoms with E-state index in [-0.39, 0.29) is 15.8 Å². The van der Waals surface area contributed by atoms with Gasteiger partial charge in [-0.2, -0.15) is 0 Å². The van der Waals surface area contributed by atoms with Gasteiger partial charge in [-0.05, 0) is 127 Å². The molecule has 0 aromatic heterocycles. The van der Waals surface area contributed by atoms with Gasteiger partial charge in [-0.3, -0.25) is 0 Å². The van der Waals surface area contributed by atoms with E-state index in [4.69, 9.17) is 9.42 Å². The summed E-state index contributed by atoms with van der Waals surface area (Å²) in [6.07, 6.45) is 30.2. The summed E-state index contributed by atoms with van der Waals surface area (Å²) in [5.74, 6) is 0. The van der Waals surface area contributed by atoms with Gasteiger partial charge < -0.3 is 0 Å². The molecular weight excluding hydrogens is 1030 g/mol. The Morgan fingerprint density at radius 2 is 0.659 bits per heavy atom. The third kappa shape index (κ3) is 14.8. The molecule has 0 bridgehead atoms. The first-order chi connectivity index (χ1) is 21.6. The van der Waals surface area contributed by atoms with Crippen LogP contribution in [-0.2, 0) is 33.0 Å². The van der Waals surface area contributed by atoms with Gasteiger partial charge in [0.25, 0.3) is 0 Å². The van der Waals surface area contributed by atoms with E-state index in [2.05, 4.69) is 88.9 Å². The smallest absolute Gasteiger partial charge is 0.0620 e. The van der Waals surface area contributed by atoms with Gasteiger partial charge in [-0.1, -0.05) is 62.1 Å². The number of hydrogen-bond acceptors (Lipinski definition) is 0. The summed E-state index contributed by atoms with van der Waals surface area (Å²) in [7, 11) is 17.7. The predicted octanol–water partition coefficient (Wildman–Crippen LogP) is 11.2. The molecule has 8 heteroatoms. The number of benzene rings is 2. The molecule has 0 N–H and O–H groups in total. The Bertz CT molecular complexity index is 833. The first kappa shape index (κ1) is 40.3. The van der Waals surface area contributed by atoms with Gasteiger partial charge in [0.1, 0.15) is 0 Å². The molecule has 6 rings (SSSR count). The van der Waals surface area contributed by atoms with Crippen molar-refractivity contribution in [1.82, 2.24) is 0 Å². The largest absolute Gasteiger partial charge is 0.0920 e. The van der Waals surface area contributed by atoms with Gasteiger partial charge in [-0.15, -0.1) is 0 Å². The molecule has 0 radical (unpaired) electrons. The van der Waals surface area contributed by atoms with Crippen molar-refractivity contribution in [2.24, 2.45) is 0 Å². The second-order valence-electron chi connectivity index (χ2n) is 13.1. The molecule has 0 atom stereocenters. The zero-order valence-corrected chi connectivity index (χ0v) is 36.1. The summed E-state index contributed by atoms with van der Waals surface area (Å²) >= 11 is -0.0185. The van der Waals surface area contributed by atoms with Crippen molar-refractivity contribution in [3.05, 3.63) is 60.7 Å². The fourth-order valence-corrected chi connectivity index (χ4v) is 17.0. The quantitative estimate of drug-likeness (QED) is 0.253. The SMILES string of the molecule is [Cl][Pt].[Cl][Pt]([ClH+])[ClH+].c1ccc([PH+](C2CCCCC2)C2CCCCC2)cc1.c1ccc([PH+](C2CCCCC2)C2CCCCC2)cc1. The summed E-state index contributed by atoms with van der Waals surface area (Å²) in [4.78, 5) is 0. The second kappa shape index (κ2) is 24.9. The van der Waals surface area contributed by atoms with Crippen molar-refractivity contribution in [2.75, 3.05) is 0 Å². The van der Waals surface area contributed by atoms with Gasteiger partial charge in [0, 0.05) is 15.8 Å². The first-order valence-electron chi connectivity index (χ1n) is 17.2. The minimum Gasteiger partial charge on any atom is -0.0620 e. The molecular formula is C36H58Cl4P2Pt2+4. The molecule has 44 heavy (non-hydrogen) atoms. The van der Waals surface area contributed by atoms with Gasteiger partial charge in [0.05, 0.1) is 33.2 Å². The molecule has 4 aliphatic carbocycles. The average molecular weight is 1080 g/mol. The van der Waals surface area contributed by atoms with Gasteiger partial charge in [0.15, 0.2) is 0 Å². The molecule has 4 fully saturated rings. The Hall–Kier alpha value is 1.84. The third-order valence-electron chi connectivity index (χ3n) is 10.4. The zero-order valence-electron chi connectivity index (χ0n) is 26.4. The summed E-state index contributed by atoms with van der Waals surface area (Å²) in [5, 5.41) is 3.48. The Morgan fingerprint density at radius 3 is 0.864 bits per heavy atom. The normalized spacial score (nSPS) is 20.9. The maximum atomic E-state index is 5.06. The summed E-state index contributed by atoms with van der Waals surface area (Å²) in [6.45, 7) is 0. The molecule has 4 saturated carbocycles. The van der Waals surface area contributed by atoms with E-state index < -0.39 is 14.2 Å². The van der Waals surface area contributed by atoms with Crippen LogP contribution in [0.2, 0.25) is 0 Å². The van der Waals surface area contributed by atoms with Crippen molar-refractivity contribution < 1.29 is 51.8 Å². The molecule has 0 spiro atoms. The molecule has 4 aliphatic rings. The first-order valence-corrected chi connectivity index (χ1v) is 32.3. The van der Waals surface area contributed by atoms with Crippen LogP contribution >= 0.6 is 34.7 Å². The molecule has 0 aliphatic heterocycles. The third-order valence-corrected chi connectivity index (χ3v) is 18.2. The van der Waals surface area contributed by atoms with Crippen LogP contribution in [0.1, 0.15) is 128 Å². The van der Waals surface area contributed by atoms with Gasteiger partial charge in [0.2, 0.25) is 0 Å². The number of hydrogen-bond donors (Lipinski definition) is 0. The van der Waals surface area contributed by atoms with E-state index in [9.17, 15) is 0 Å². The van der Waals surface area contributed by atoms with Crippen molar-refractivity contribution in [3.63, 3.8) is 0 Å². The fourth-order valence-electron chi connectivity index (χ4n) is 8.53. The van der Waals surface area contributed by atoms with E-state index in [1.165, 1.54) is 128 Å². The number of halogens is 4. The Balaban J connectivity index is 0.000000205. The Labute approximate surface area is 305 Å². The molecule has 0 unspecified atom stereocenters. The number of rotatable bonds is 6. The molecule has 0 amide bonds. The van der Waals surface area contributed by atoms with Crippen molar-refractivity contribution in [2.45, 2.75) is 151 Å². The monoisotopic (exact) mass is 1080 g/mol. The second-order valence-corrected chi connectivity index (χ2v) is 30.3. The van der Waals surface area contributed by atoms with E-state index in [1.807, 2.05) is 0 Å². The maximum absolute atomic E-state index is 5.06. The van der Waals surface area contributed by atoms with Crippen molar-refractivity contribution in [3.8, 4) is 0 Å². The topological polar surface area (TPSA) is 0 Å². The standard InChI is InChI=1S/2C18H27P.4ClH.2Pt/c2*1-4-10-16(11-5-1)19(17-12-6-2-7-13-17)18-14-8-3-9-15-18;;;;;;/h2*1,4-5,10-11,17-18H,2-3,6-9,12-15H2;4*1H;;/q;;;;;;+1;+3. The molecule has 2 aromatic rings. The van der Waals surface area contributed by atoms with Crippen LogP contribution < -0.4 is 10.6 Å². The molecule has 0 saturated heterocycles. The minimum atomic E-state index is -1.63. The zero-order chi connectivity index (χ0) is 31.4. The molecule has 0 nitrogen and oxygen atoms in total. The average Bonchev–Trinajstić information content (AvgIpc) is 3.09. The minimum absolute atomic E-state index is 0.323. The van der Waals surface area contributed by atoms with Crippen LogP contribution in [0.25, 0.3) is 0 Å². The molecule has 256 valence electrons. The van der Waals surface area contributed by atoms with Crippen LogP contribution in [0.3, 0.4) is 0 Å². The fraction of sp³-hybridized carbons (Fsp3) is 0.667. The van der Waals surface area contributed by atoms with E-state index in [1.54, 1.807) is 29.4 Å². The van der Waals surface area contributed by atoms with Crippen molar-refractivity contribution in [1.29, 1.82) is 0 Å². The summed E-state index contributed by atoms with van der Waals surface area (Å²) in [6, 6.07) is 23.2. The van der Waals surface area contributed by atoms with Gasteiger partial charge in [-0.25, -0.2) is 0 Å². The maximum Gasteiger partial charge on any atom is 0.0920 e. The van der Waals surface area contributed by atoms with E-state index in [0.717, 1.165) is 22.6 Å². The van der Waals surface area contributed by atoms with Crippen LogP contribution in [0.4, 0.5) is 0 Å². The van der Waals surface area contributed by atoms with Crippen molar-refractivity contribution >= 4 is 45.3 Å². The van der Waals surface area contributed by atoms with Crippen LogP contribution in [-0.4, -0.2) is 22.6 Å². The summed E-state index contributed by atoms with van der Waals surface area (Å²) < 4.78 is 0. The van der Waals surface area contributed by atoms with Crippen LogP contribution in [0, 0.1) is 18.8 Å². The Kier molecular flexibility index (Phi) is 22.8. The van der Waals surface area contributed by atoms with Crippen LogP contribution in [0.5, 0.6) is 0 Å². The summed E-state index contributed by atoms with van der Waals surface area (Å²) in [5.41, 5.74) is 4.29. The predicted molar refractivity (Wildman–Crippen MR) is 191 cm³/mol. The Morgan fingerprint density at radius 1 is 0.455 bits per heavy atom. The van der Waals surface area contributed by atoms with E-state index >= 15 is 0 Å². The molecule has 0 heterocycles. The van der Waals surface area contributed by atoms with Crippen LogP contribution in [0.15, 0.2) is 60.7 Å². The van der Waals surface area contributed by atoms with Gasteiger partial charge >= 0.3 is 70.6 Å². The molecule has 2 aromatic carbocycles. The van der Waals surface area contributed by atoms with E-state index in [0.29, 0.717) is 0 Å².